The van der Waals surface area contributed by atoms with Crippen LogP contribution in [0.3, 0.4) is 0 Å². The Kier molecular flexibility index (Phi) is 6.28. The van der Waals surface area contributed by atoms with Crippen LogP contribution < -0.4 is 5.32 Å². The molecule has 0 aromatic carbocycles. The van der Waals surface area contributed by atoms with Crippen molar-refractivity contribution in [2.75, 3.05) is 26.2 Å². The van der Waals surface area contributed by atoms with Gasteiger partial charge in [-0.05, 0) is 38.8 Å². The van der Waals surface area contributed by atoms with E-state index in [0.717, 1.165) is 19.6 Å². The highest BCUT2D eigenvalue weighted by Crippen LogP contribution is 2.41. The van der Waals surface area contributed by atoms with E-state index in [4.69, 9.17) is 0 Å². The second-order valence-corrected chi connectivity index (χ2v) is 5.48. The maximum absolute atomic E-state index is 12.8. The Hall–Kier alpha value is -0.800. The van der Waals surface area contributed by atoms with Gasteiger partial charge in [0, 0.05) is 13.1 Å². The summed E-state index contributed by atoms with van der Waals surface area (Å²) in [6.45, 7) is 7.21. The Morgan fingerprint density at radius 2 is 2.00 bits per heavy atom. The van der Waals surface area contributed by atoms with E-state index in [2.05, 4.69) is 16.3 Å². The normalized spacial score (nSPS) is 27.6. The average molecular weight is 291 g/mol. The summed E-state index contributed by atoms with van der Waals surface area (Å²) in [6.07, 6.45) is -3.21. The molecule has 116 valence electrons. The highest BCUT2D eigenvalue weighted by Gasteiger charge is 2.47. The number of hydrogen-bond donors (Lipinski definition) is 1. The molecule has 1 fully saturated rings. The molecule has 0 heterocycles. The van der Waals surface area contributed by atoms with Gasteiger partial charge in [-0.1, -0.05) is 13.8 Å². The van der Waals surface area contributed by atoms with E-state index in [-0.39, 0.29) is 12.8 Å². The lowest BCUT2D eigenvalue weighted by molar-refractivity contribution is -0.186. The Labute approximate surface area is 119 Å². The summed E-state index contributed by atoms with van der Waals surface area (Å²) in [5.74, 6) is -1.35. The lowest BCUT2D eigenvalue weighted by atomic mass is 9.76. The molecule has 2 atom stereocenters. The summed E-state index contributed by atoms with van der Waals surface area (Å²) in [6, 6.07) is 2.10. The third-order valence-electron chi connectivity index (χ3n) is 4.21. The first kappa shape index (κ1) is 17.3. The van der Waals surface area contributed by atoms with Gasteiger partial charge in [0.15, 0.2) is 0 Å². The standard InChI is InChI=1S/C14H24F3N3/c1-3-20(4-2)9-8-19-13(11-18)7-5-6-12(10-13)14(15,16)17/h12,19H,3-10H2,1-2H3. The molecule has 0 spiro atoms. The molecule has 0 bridgehead atoms. The van der Waals surface area contributed by atoms with Crippen LogP contribution in [0.25, 0.3) is 0 Å². The molecule has 0 saturated heterocycles. The molecule has 6 heteroatoms. The molecule has 20 heavy (non-hydrogen) atoms. The second kappa shape index (κ2) is 7.28. The van der Waals surface area contributed by atoms with Crippen molar-refractivity contribution in [2.24, 2.45) is 5.92 Å². The zero-order chi connectivity index (χ0) is 15.2. The molecule has 1 N–H and O–H groups in total. The molecule has 0 amide bonds. The predicted molar refractivity (Wildman–Crippen MR) is 72.1 cm³/mol. The maximum Gasteiger partial charge on any atom is 0.391 e. The van der Waals surface area contributed by atoms with Crippen molar-refractivity contribution in [3.05, 3.63) is 0 Å². The van der Waals surface area contributed by atoms with Crippen molar-refractivity contribution < 1.29 is 13.2 Å². The zero-order valence-corrected chi connectivity index (χ0v) is 12.3. The summed E-state index contributed by atoms with van der Waals surface area (Å²) >= 11 is 0. The van der Waals surface area contributed by atoms with Crippen molar-refractivity contribution in [1.82, 2.24) is 10.2 Å². The molecule has 1 rings (SSSR count). The van der Waals surface area contributed by atoms with Crippen molar-refractivity contribution in [1.29, 1.82) is 5.26 Å². The van der Waals surface area contributed by atoms with Crippen molar-refractivity contribution >= 4 is 0 Å². The minimum Gasteiger partial charge on any atom is -0.303 e. The van der Waals surface area contributed by atoms with Gasteiger partial charge in [-0.15, -0.1) is 0 Å². The first-order chi connectivity index (χ1) is 9.37. The zero-order valence-electron chi connectivity index (χ0n) is 12.3. The van der Waals surface area contributed by atoms with Crippen LogP contribution in [0.2, 0.25) is 0 Å². The van der Waals surface area contributed by atoms with E-state index < -0.39 is 17.6 Å². The molecule has 2 unspecified atom stereocenters. The number of likely N-dealkylation sites (N-methyl/N-ethyl adjacent to an activating group) is 1. The van der Waals surface area contributed by atoms with E-state index >= 15 is 0 Å². The third kappa shape index (κ3) is 4.64. The number of rotatable bonds is 6. The van der Waals surface area contributed by atoms with Gasteiger partial charge in [0.25, 0.3) is 0 Å². The molecule has 0 aliphatic heterocycles. The Morgan fingerprint density at radius 1 is 1.35 bits per heavy atom. The van der Waals surface area contributed by atoms with Crippen molar-refractivity contribution in [2.45, 2.75) is 51.2 Å². The lowest BCUT2D eigenvalue weighted by Gasteiger charge is -2.37. The Balaban J connectivity index is 2.57. The maximum atomic E-state index is 12.8. The predicted octanol–water partition coefficient (Wildman–Crippen LogP) is 2.93. The third-order valence-corrected chi connectivity index (χ3v) is 4.21. The van der Waals surface area contributed by atoms with Crippen LogP contribution in [0.1, 0.15) is 39.5 Å². The molecule has 0 aromatic heterocycles. The van der Waals surface area contributed by atoms with Gasteiger partial charge in [0.2, 0.25) is 0 Å². The molecule has 0 aromatic rings. The lowest BCUT2D eigenvalue weighted by Crippen LogP contribution is -2.51. The van der Waals surface area contributed by atoms with Crippen LogP contribution in [-0.2, 0) is 0 Å². The van der Waals surface area contributed by atoms with Crippen LogP contribution >= 0.6 is 0 Å². The topological polar surface area (TPSA) is 39.1 Å². The fourth-order valence-corrected chi connectivity index (χ4v) is 2.85. The smallest absolute Gasteiger partial charge is 0.303 e. The van der Waals surface area contributed by atoms with E-state index in [9.17, 15) is 18.4 Å². The summed E-state index contributed by atoms with van der Waals surface area (Å²) in [7, 11) is 0. The first-order valence-corrected chi connectivity index (χ1v) is 7.32. The van der Waals surface area contributed by atoms with Gasteiger partial charge in [-0.25, -0.2) is 0 Å². The van der Waals surface area contributed by atoms with Crippen LogP contribution in [0.5, 0.6) is 0 Å². The van der Waals surface area contributed by atoms with Crippen molar-refractivity contribution in [3.8, 4) is 6.07 Å². The summed E-state index contributed by atoms with van der Waals surface area (Å²) in [5, 5.41) is 12.4. The molecular formula is C14H24F3N3. The fraction of sp³-hybridized carbons (Fsp3) is 0.929. The Morgan fingerprint density at radius 3 is 2.50 bits per heavy atom. The minimum atomic E-state index is -4.19. The van der Waals surface area contributed by atoms with Crippen LogP contribution in [0.15, 0.2) is 0 Å². The first-order valence-electron chi connectivity index (χ1n) is 7.32. The van der Waals surface area contributed by atoms with E-state index in [1.165, 1.54) is 0 Å². The second-order valence-electron chi connectivity index (χ2n) is 5.48. The fourth-order valence-electron chi connectivity index (χ4n) is 2.85. The minimum absolute atomic E-state index is 0.120. The van der Waals surface area contributed by atoms with Gasteiger partial charge in [-0.3, -0.25) is 5.32 Å². The van der Waals surface area contributed by atoms with Crippen LogP contribution in [-0.4, -0.2) is 42.8 Å². The molecule has 1 aliphatic rings. The number of nitrogens with one attached hydrogen (secondary N) is 1. The molecule has 1 aliphatic carbocycles. The highest BCUT2D eigenvalue weighted by molar-refractivity contribution is 5.10. The highest BCUT2D eigenvalue weighted by atomic mass is 19.4. The number of halogens is 3. The van der Waals surface area contributed by atoms with Gasteiger partial charge in [0.1, 0.15) is 5.54 Å². The quantitative estimate of drug-likeness (QED) is 0.818. The monoisotopic (exact) mass is 291 g/mol. The number of nitrogens with zero attached hydrogens (tertiary/aromatic N) is 2. The van der Waals surface area contributed by atoms with Crippen molar-refractivity contribution in [3.63, 3.8) is 0 Å². The SMILES string of the molecule is CCN(CC)CCNC1(C#N)CCCC(C(F)(F)F)C1. The Bertz CT molecular complexity index is 334. The number of hydrogen-bond acceptors (Lipinski definition) is 3. The summed E-state index contributed by atoms with van der Waals surface area (Å²) in [5.41, 5.74) is -1.01. The van der Waals surface area contributed by atoms with Gasteiger partial charge in [-0.2, -0.15) is 18.4 Å². The molecule has 3 nitrogen and oxygen atoms in total. The number of nitriles is 1. The molecular weight excluding hydrogens is 267 g/mol. The molecule has 1 saturated carbocycles. The van der Waals surface area contributed by atoms with Crippen LogP contribution in [0, 0.1) is 17.2 Å². The van der Waals surface area contributed by atoms with E-state index in [1.807, 2.05) is 13.8 Å². The van der Waals surface area contributed by atoms with Gasteiger partial charge >= 0.3 is 6.18 Å². The van der Waals surface area contributed by atoms with E-state index in [0.29, 0.717) is 19.4 Å². The largest absolute Gasteiger partial charge is 0.391 e. The van der Waals surface area contributed by atoms with Gasteiger partial charge in [0.05, 0.1) is 12.0 Å². The molecule has 0 radical (unpaired) electrons. The average Bonchev–Trinajstić information content (AvgIpc) is 2.43. The van der Waals surface area contributed by atoms with Gasteiger partial charge < -0.3 is 4.90 Å². The van der Waals surface area contributed by atoms with E-state index in [1.54, 1.807) is 0 Å². The summed E-state index contributed by atoms with van der Waals surface area (Å²) in [4.78, 5) is 2.18. The number of alkyl halides is 3. The van der Waals surface area contributed by atoms with Crippen LogP contribution in [0.4, 0.5) is 13.2 Å². The summed E-state index contributed by atoms with van der Waals surface area (Å²) < 4.78 is 38.5.